The van der Waals surface area contributed by atoms with E-state index in [1.807, 2.05) is 6.08 Å². The highest BCUT2D eigenvalue weighted by molar-refractivity contribution is 6.01. The molecule has 5 fully saturated rings. The van der Waals surface area contributed by atoms with Gasteiger partial charge in [0.05, 0.1) is 0 Å². The van der Waals surface area contributed by atoms with E-state index in [9.17, 15) is 14.4 Å². The van der Waals surface area contributed by atoms with Crippen molar-refractivity contribution in [2.24, 2.45) is 23.2 Å². The Morgan fingerprint density at radius 1 is 1.08 bits per heavy atom. The van der Waals surface area contributed by atoms with Crippen LogP contribution in [0, 0.1) is 23.2 Å². The number of likely N-dealkylation sites (tertiary alicyclic amines) is 1. The zero-order valence-electron chi connectivity index (χ0n) is 15.8. The smallest absolute Gasteiger partial charge is 0.243 e. The summed E-state index contributed by atoms with van der Waals surface area (Å²) < 4.78 is 0. The van der Waals surface area contributed by atoms with Crippen molar-refractivity contribution in [1.82, 2.24) is 10.2 Å². The maximum Gasteiger partial charge on any atom is 0.243 e. The standard InChI is InChI=1S/C21H30N2O3/c1-14(21-11-15-8-16(12-21)10-17(9-15)13-21)7-18(24)22-5-2-6-23-19(25)3-4-20(23)26/h7,15-17H,2-6,8-13H2,1H3,(H,22,24)/b14-7-. The zero-order chi connectivity index (χ0) is 18.3. The fourth-order valence-corrected chi connectivity index (χ4v) is 6.32. The molecular formula is C21H30N2O3. The van der Waals surface area contributed by atoms with E-state index in [1.54, 1.807) is 0 Å². The van der Waals surface area contributed by atoms with Gasteiger partial charge in [-0.2, -0.15) is 0 Å². The maximum absolute atomic E-state index is 12.3. The molecule has 5 aliphatic rings. The number of hydrogen-bond donors (Lipinski definition) is 1. The summed E-state index contributed by atoms with van der Waals surface area (Å²) in [7, 11) is 0. The van der Waals surface area contributed by atoms with E-state index in [-0.39, 0.29) is 23.1 Å². The number of imide groups is 1. The van der Waals surface area contributed by atoms with Crippen molar-refractivity contribution >= 4 is 17.7 Å². The molecule has 4 saturated carbocycles. The quantitative estimate of drug-likeness (QED) is 0.451. The summed E-state index contributed by atoms with van der Waals surface area (Å²) in [5.74, 6) is 2.43. The Hall–Kier alpha value is -1.65. The van der Waals surface area contributed by atoms with E-state index in [0.29, 0.717) is 32.4 Å². The van der Waals surface area contributed by atoms with Crippen LogP contribution in [0.15, 0.2) is 11.6 Å². The number of rotatable bonds is 6. The summed E-state index contributed by atoms with van der Waals surface area (Å²) in [6.45, 7) is 3.06. The Bertz CT molecular complexity index is 600. The van der Waals surface area contributed by atoms with Gasteiger partial charge >= 0.3 is 0 Å². The average molecular weight is 358 g/mol. The SMILES string of the molecule is C/C(=C/C(=O)NCCCN1C(=O)CCC1=O)C12CC3CC(CC(C3)C1)C2. The van der Waals surface area contributed by atoms with E-state index in [2.05, 4.69) is 12.2 Å². The molecule has 5 nitrogen and oxygen atoms in total. The average Bonchev–Trinajstić information content (AvgIpc) is 2.89. The Labute approximate surface area is 155 Å². The van der Waals surface area contributed by atoms with Crippen molar-refractivity contribution < 1.29 is 14.4 Å². The molecule has 0 aromatic heterocycles. The van der Waals surface area contributed by atoms with Crippen LogP contribution in [-0.4, -0.2) is 35.7 Å². The normalized spacial score (nSPS) is 36.1. The fourth-order valence-electron chi connectivity index (χ4n) is 6.32. The molecule has 142 valence electrons. The van der Waals surface area contributed by atoms with Gasteiger partial charge in [0.1, 0.15) is 0 Å². The third kappa shape index (κ3) is 3.33. The molecule has 5 heteroatoms. The molecule has 1 aliphatic heterocycles. The predicted molar refractivity (Wildman–Crippen MR) is 97.9 cm³/mol. The Morgan fingerprint density at radius 3 is 2.15 bits per heavy atom. The van der Waals surface area contributed by atoms with Crippen LogP contribution < -0.4 is 5.32 Å². The minimum atomic E-state index is -0.0844. The highest BCUT2D eigenvalue weighted by Gasteiger charge is 2.51. The van der Waals surface area contributed by atoms with E-state index < -0.39 is 0 Å². The number of carbonyl (C=O) groups excluding carboxylic acids is 3. The molecule has 0 atom stereocenters. The topological polar surface area (TPSA) is 66.5 Å². The van der Waals surface area contributed by atoms with Crippen molar-refractivity contribution in [1.29, 1.82) is 0 Å². The van der Waals surface area contributed by atoms with Crippen LogP contribution in [0.2, 0.25) is 0 Å². The van der Waals surface area contributed by atoms with Crippen molar-refractivity contribution in [2.75, 3.05) is 13.1 Å². The Balaban J connectivity index is 1.27. The third-order valence-corrected chi connectivity index (χ3v) is 7.23. The highest BCUT2D eigenvalue weighted by Crippen LogP contribution is 2.62. The molecule has 1 N–H and O–H groups in total. The molecule has 4 bridgehead atoms. The van der Waals surface area contributed by atoms with E-state index >= 15 is 0 Å². The minimum absolute atomic E-state index is 0.0303. The van der Waals surface area contributed by atoms with Crippen molar-refractivity contribution in [3.8, 4) is 0 Å². The van der Waals surface area contributed by atoms with Gasteiger partial charge in [-0.05, 0) is 75.0 Å². The fraction of sp³-hybridized carbons (Fsp3) is 0.762. The summed E-state index contributed by atoms with van der Waals surface area (Å²) in [6, 6.07) is 0. The number of amides is 3. The lowest BCUT2D eigenvalue weighted by molar-refractivity contribution is -0.138. The molecule has 0 radical (unpaired) electrons. The van der Waals surface area contributed by atoms with Crippen LogP contribution in [0.5, 0.6) is 0 Å². The van der Waals surface area contributed by atoms with E-state index in [1.165, 1.54) is 49.0 Å². The second kappa shape index (κ2) is 6.82. The van der Waals surface area contributed by atoms with Gasteiger partial charge in [0.15, 0.2) is 0 Å². The molecule has 0 aromatic rings. The first kappa shape index (κ1) is 17.7. The van der Waals surface area contributed by atoms with Crippen LogP contribution in [0.25, 0.3) is 0 Å². The summed E-state index contributed by atoms with van der Waals surface area (Å²) in [5.41, 5.74) is 1.54. The van der Waals surface area contributed by atoms with Gasteiger partial charge in [-0.3, -0.25) is 19.3 Å². The van der Waals surface area contributed by atoms with Crippen LogP contribution in [0.4, 0.5) is 0 Å². The van der Waals surface area contributed by atoms with Crippen LogP contribution in [0.1, 0.15) is 64.7 Å². The first-order chi connectivity index (χ1) is 12.4. The van der Waals surface area contributed by atoms with E-state index in [0.717, 1.165) is 17.8 Å². The zero-order valence-corrected chi connectivity index (χ0v) is 15.8. The van der Waals surface area contributed by atoms with Crippen molar-refractivity contribution in [2.45, 2.75) is 64.7 Å². The maximum atomic E-state index is 12.3. The van der Waals surface area contributed by atoms with Gasteiger partial charge in [-0.1, -0.05) is 5.57 Å². The molecule has 0 aromatic carbocycles. The number of carbonyl (C=O) groups is 3. The molecule has 1 saturated heterocycles. The van der Waals surface area contributed by atoms with Gasteiger partial charge < -0.3 is 5.32 Å². The van der Waals surface area contributed by atoms with Crippen LogP contribution in [0.3, 0.4) is 0 Å². The molecular weight excluding hydrogens is 328 g/mol. The Kier molecular flexibility index (Phi) is 4.66. The van der Waals surface area contributed by atoms with Crippen molar-refractivity contribution in [3.05, 3.63) is 11.6 Å². The lowest BCUT2D eigenvalue weighted by atomic mass is 9.48. The van der Waals surface area contributed by atoms with Crippen LogP contribution in [-0.2, 0) is 14.4 Å². The molecule has 3 amide bonds. The van der Waals surface area contributed by atoms with Gasteiger partial charge in [-0.25, -0.2) is 0 Å². The molecule has 5 rings (SSSR count). The lowest BCUT2D eigenvalue weighted by Crippen LogP contribution is -2.46. The summed E-state index contributed by atoms with van der Waals surface area (Å²) in [6.07, 6.45) is 11.1. The van der Waals surface area contributed by atoms with Gasteiger partial charge in [0.2, 0.25) is 17.7 Å². The van der Waals surface area contributed by atoms with Crippen molar-refractivity contribution in [3.63, 3.8) is 0 Å². The monoisotopic (exact) mass is 358 g/mol. The summed E-state index contributed by atoms with van der Waals surface area (Å²) in [5, 5.41) is 2.93. The number of hydrogen-bond acceptors (Lipinski definition) is 3. The van der Waals surface area contributed by atoms with Gasteiger partial charge in [-0.15, -0.1) is 0 Å². The number of allylic oxidation sites excluding steroid dienone is 1. The molecule has 1 heterocycles. The second-order valence-electron chi connectivity index (χ2n) is 9.11. The summed E-state index contributed by atoms with van der Waals surface area (Å²) in [4.78, 5) is 36.8. The summed E-state index contributed by atoms with van der Waals surface area (Å²) >= 11 is 0. The molecule has 0 spiro atoms. The third-order valence-electron chi connectivity index (χ3n) is 7.23. The largest absolute Gasteiger partial charge is 0.352 e. The second-order valence-corrected chi connectivity index (χ2v) is 9.11. The lowest BCUT2D eigenvalue weighted by Gasteiger charge is -2.57. The van der Waals surface area contributed by atoms with Crippen LogP contribution >= 0.6 is 0 Å². The van der Waals surface area contributed by atoms with E-state index in [4.69, 9.17) is 0 Å². The molecule has 0 unspecified atom stereocenters. The molecule has 4 aliphatic carbocycles. The first-order valence-electron chi connectivity index (χ1n) is 10.2. The van der Waals surface area contributed by atoms with Gasteiger partial charge in [0.25, 0.3) is 0 Å². The minimum Gasteiger partial charge on any atom is -0.352 e. The first-order valence-corrected chi connectivity index (χ1v) is 10.2. The molecule has 26 heavy (non-hydrogen) atoms. The van der Waals surface area contributed by atoms with Gasteiger partial charge in [0, 0.05) is 32.0 Å². The predicted octanol–water partition coefficient (Wildman–Crippen LogP) is 2.80. The highest BCUT2D eigenvalue weighted by atomic mass is 16.2. The number of nitrogens with zero attached hydrogens (tertiary/aromatic N) is 1. The Morgan fingerprint density at radius 2 is 1.62 bits per heavy atom. The number of nitrogens with one attached hydrogen (secondary N) is 1.